The molecule has 0 fully saturated rings. The van der Waals surface area contributed by atoms with Crippen LogP contribution in [0.4, 0.5) is 5.69 Å². The van der Waals surface area contributed by atoms with Crippen LogP contribution in [0, 0.1) is 0 Å². The van der Waals surface area contributed by atoms with E-state index >= 15 is 0 Å². The third-order valence-corrected chi connectivity index (χ3v) is 5.33. The number of thiocarbonyl (C=S) groups is 1. The maximum absolute atomic E-state index is 12.8. The van der Waals surface area contributed by atoms with Gasteiger partial charge in [0.05, 0.1) is 22.8 Å². The van der Waals surface area contributed by atoms with Gasteiger partial charge in [0.25, 0.3) is 5.91 Å². The number of hydrogen-bond donors (Lipinski definition) is 3. The van der Waals surface area contributed by atoms with Gasteiger partial charge in [0.2, 0.25) is 0 Å². The van der Waals surface area contributed by atoms with Crippen molar-refractivity contribution in [2.24, 2.45) is 0 Å². The molecule has 3 aromatic carbocycles. The number of amides is 1. The molecular weight excluding hydrogens is 440 g/mol. The maximum Gasteiger partial charge on any atom is 0.261 e. The first kappa shape index (κ1) is 20.1. The molecule has 0 atom stereocenters. The largest absolute Gasteiger partial charge is 0.506 e. The minimum Gasteiger partial charge on any atom is -0.506 e. The average molecular weight is 459 g/mol. The first-order valence-electron chi connectivity index (χ1n) is 8.64. The van der Waals surface area contributed by atoms with Crippen molar-refractivity contribution in [1.82, 2.24) is 5.32 Å². The van der Waals surface area contributed by atoms with E-state index in [0.717, 1.165) is 22.8 Å². The van der Waals surface area contributed by atoms with Crippen molar-refractivity contribution in [2.75, 3.05) is 12.4 Å². The van der Waals surface area contributed by atoms with Crippen molar-refractivity contribution in [1.29, 1.82) is 0 Å². The molecular formula is C21H19BrN2O3S. The molecule has 0 spiro atoms. The highest BCUT2D eigenvalue weighted by Crippen LogP contribution is 2.36. The van der Waals surface area contributed by atoms with Crippen molar-refractivity contribution < 1.29 is 14.6 Å². The van der Waals surface area contributed by atoms with Gasteiger partial charge in [-0.25, -0.2) is 0 Å². The van der Waals surface area contributed by atoms with E-state index in [1.807, 2.05) is 37.3 Å². The Balaban J connectivity index is 1.86. The van der Waals surface area contributed by atoms with Gasteiger partial charge in [-0.05, 0) is 69.1 Å². The Morgan fingerprint density at radius 3 is 2.68 bits per heavy atom. The molecule has 28 heavy (non-hydrogen) atoms. The molecule has 0 unspecified atom stereocenters. The lowest BCUT2D eigenvalue weighted by Gasteiger charge is -2.15. The zero-order valence-corrected chi connectivity index (χ0v) is 17.8. The monoisotopic (exact) mass is 458 g/mol. The second-order valence-electron chi connectivity index (χ2n) is 6.11. The molecule has 7 heteroatoms. The number of hydrogen-bond acceptors (Lipinski definition) is 4. The number of halogens is 1. The number of nitrogens with one attached hydrogen (secondary N) is 2. The van der Waals surface area contributed by atoms with Gasteiger partial charge in [-0.15, -0.1) is 0 Å². The molecule has 0 aliphatic carbocycles. The first-order chi connectivity index (χ1) is 13.4. The molecule has 3 aromatic rings. The summed E-state index contributed by atoms with van der Waals surface area (Å²) >= 11 is 8.77. The Morgan fingerprint density at radius 2 is 1.96 bits per heavy atom. The van der Waals surface area contributed by atoms with Crippen LogP contribution in [0.1, 0.15) is 22.8 Å². The highest BCUT2D eigenvalue weighted by Gasteiger charge is 2.19. The summed E-state index contributed by atoms with van der Waals surface area (Å²) < 4.78 is 6.14. The summed E-state index contributed by atoms with van der Waals surface area (Å²) in [4.78, 5) is 12.8. The summed E-state index contributed by atoms with van der Waals surface area (Å²) in [6, 6.07) is 14.7. The number of aromatic hydroxyl groups is 1. The molecule has 0 radical (unpaired) electrons. The highest BCUT2D eigenvalue weighted by molar-refractivity contribution is 9.10. The van der Waals surface area contributed by atoms with Crippen LogP contribution < -0.4 is 15.4 Å². The Hall–Kier alpha value is -2.64. The summed E-state index contributed by atoms with van der Waals surface area (Å²) in [5, 5.41) is 17.4. The number of phenols is 1. The molecule has 3 N–H and O–H groups in total. The second kappa shape index (κ2) is 8.58. The minimum atomic E-state index is -0.410. The van der Waals surface area contributed by atoms with Gasteiger partial charge in [-0.3, -0.25) is 10.1 Å². The molecule has 1 amide bonds. The number of aryl methyl sites for hydroxylation is 1. The summed E-state index contributed by atoms with van der Waals surface area (Å²) in [5.41, 5.74) is 1.83. The third-order valence-electron chi connectivity index (χ3n) is 4.33. The van der Waals surface area contributed by atoms with E-state index in [9.17, 15) is 9.90 Å². The molecule has 144 valence electrons. The highest BCUT2D eigenvalue weighted by atomic mass is 79.9. The molecule has 0 aliphatic rings. The lowest BCUT2D eigenvalue weighted by Crippen LogP contribution is -2.34. The SMILES string of the molecule is CCc1ccc(O)c(NC(=S)NC(=O)c2cc3ccccc3c(Br)c2OC)c1. The van der Waals surface area contributed by atoms with E-state index in [-0.39, 0.29) is 10.9 Å². The Bertz CT molecular complexity index is 1070. The zero-order chi connectivity index (χ0) is 20.3. The summed E-state index contributed by atoms with van der Waals surface area (Å²) in [6.07, 6.45) is 0.816. The molecule has 3 rings (SSSR count). The van der Waals surface area contributed by atoms with E-state index in [2.05, 4.69) is 26.6 Å². The smallest absolute Gasteiger partial charge is 0.261 e. The van der Waals surface area contributed by atoms with Gasteiger partial charge in [0, 0.05) is 0 Å². The molecule has 5 nitrogen and oxygen atoms in total. The Kier molecular flexibility index (Phi) is 6.16. The van der Waals surface area contributed by atoms with Crippen LogP contribution in [0.2, 0.25) is 0 Å². The zero-order valence-electron chi connectivity index (χ0n) is 15.4. The number of rotatable bonds is 4. The number of carbonyl (C=O) groups excluding carboxylic acids is 1. The average Bonchev–Trinajstić information content (AvgIpc) is 2.69. The normalized spacial score (nSPS) is 10.5. The standard InChI is InChI=1S/C21H19BrN2O3S/c1-3-12-8-9-17(25)16(10-12)23-21(28)24-20(26)15-11-13-6-4-5-7-14(13)18(22)19(15)27-2/h4-11,25H,3H2,1-2H3,(H2,23,24,26,28). The van der Waals surface area contributed by atoms with Crippen LogP contribution in [0.5, 0.6) is 11.5 Å². The van der Waals surface area contributed by atoms with Gasteiger partial charge in [0.1, 0.15) is 11.5 Å². The maximum atomic E-state index is 12.8. The van der Waals surface area contributed by atoms with Crippen LogP contribution in [0.3, 0.4) is 0 Å². The van der Waals surface area contributed by atoms with Gasteiger partial charge in [-0.1, -0.05) is 37.3 Å². The van der Waals surface area contributed by atoms with Crippen molar-refractivity contribution >= 4 is 55.6 Å². The van der Waals surface area contributed by atoms with Crippen LogP contribution in [-0.2, 0) is 6.42 Å². The van der Waals surface area contributed by atoms with Gasteiger partial charge in [0.15, 0.2) is 5.11 Å². The van der Waals surface area contributed by atoms with Crippen molar-refractivity contribution in [3.63, 3.8) is 0 Å². The molecule has 0 saturated carbocycles. The summed E-state index contributed by atoms with van der Waals surface area (Å²) in [7, 11) is 1.51. The molecule has 0 bridgehead atoms. The lowest BCUT2D eigenvalue weighted by molar-refractivity contribution is 0.0975. The van der Waals surface area contributed by atoms with Crippen molar-refractivity contribution in [3.05, 3.63) is 64.1 Å². The topological polar surface area (TPSA) is 70.6 Å². The number of methoxy groups -OCH3 is 1. The quantitative estimate of drug-likeness (QED) is 0.378. The van der Waals surface area contributed by atoms with Crippen LogP contribution in [-0.4, -0.2) is 23.2 Å². The van der Waals surface area contributed by atoms with E-state index in [1.165, 1.54) is 7.11 Å². The number of ether oxygens (including phenoxy) is 1. The number of carbonyl (C=O) groups is 1. The summed E-state index contributed by atoms with van der Waals surface area (Å²) in [6.45, 7) is 2.01. The number of phenolic OH excluding ortho intramolecular Hbond substituents is 1. The van der Waals surface area contributed by atoms with Gasteiger partial charge >= 0.3 is 0 Å². The predicted octanol–water partition coefficient (Wildman–Crippen LogP) is 5.01. The van der Waals surface area contributed by atoms with E-state index < -0.39 is 5.91 Å². The number of anilines is 1. The third kappa shape index (κ3) is 4.10. The van der Waals surface area contributed by atoms with Gasteiger partial charge in [-0.2, -0.15) is 0 Å². The fourth-order valence-electron chi connectivity index (χ4n) is 2.88. The molecule has 0 heterocycles. The summed E-state index contributed by atoms with van der Waals surface area (Å²) in [5.74, 6) is 0.0709. The first-order valence-corrected chi connectivity index (χ1v) is 9.84. The Morgan fingerprint density at radius 1 is 1.21 bits per heavy atom. The number of benzene rings is 3. The van der Waals surface area contributed by atoms with E-state index in [0.29, 0.717) is 21.5 Å². The fraction of sp³-hybridized carbons (Fsp3) is 0.143. The van der Waals surface area contributed by atoms with Gasteiger partial charge < -0.3 is 15.2 Å². The van der Waals surface area contributed by atoms with Crippen LogP contribution in [0.25, 0.3) is 10.8 Å². The van der Waals surface area contributed by atoms with E-state index in [4.69, 9.17) is 17.0 Å². The molecule has 0 aromatic heterocycles. The molecule has 0 saturated heterocycles. The molecule has 0 aliphatic heterocycles. The van der Waals surface area contributed by atoms with Crippen molar-refractivity contribution in [2.45, 2.75) is 13.3 Å². The fourth-order valence-corrected chi connectivity index (χ4v) is 3.82. The van der Waals surface area contributed by atoms with E-state index in [1.54, 1.807) is 18.2 Å². The Labute approximate surface area is 176 Å². The van der Waals surface area contributed by atoms with Crippen LogP contribution >= 0.6 is 28.1 Å². The second-order valence-corrected chi connectivity index (χ2v) is 7.31. The minimum absolute atomic E-state index is 0.0554. The lowest BCUT2D eigenvalue weighted by atomic mass is 10.1. The number of fused-ring (bicyclic) bond motifs is 1. The van der Waals surface area contributed by atoms with Crippen LogP contribution in [0.15, 0.2) is 53.0 Å². The van der Waals surface area contributed by atoms with Crippen molar-refractivity contribution in [3.8, 4) is 11.5 Å². The predicted molar refractivity (Wildman–Crippen MR) is 119 cm³/mol.